The highest BCUT2D eigenvalue weighted by Gasteiger charge is 2.08. The number of benzene rings is 2. The summed E-state index contributed by atoms with van der Waals surface area (Å²) in [4.78, 5) is 24.9. The van der Waals surface area contributed by atoms with Gasteiger partial charge in [-0.15, -0.1) is 11.3 Å². The number of halogens is 1. The second-order valence-electron chi connectivity index (χ2n) is 5.66. The maximum absolute atomic E-state index is 12.3. The van der Waals surface area contributed by atoms with E-state index < -0.39 is 0 Å². The van der Waals surface area contributed by atoms with Crippen molar-refractivity contribution in [1.29, 1.82) is 0 Å². The van der Waals surface area contributed by atoms with Crippen molar-refractivity contribution in [2.24, 2.45) is 5.10 Å². The zero-order chi connectivity index (χ0) is 19.2. The molecule has 3 rings (SSSR count). The predicted octanol–water partition coefficient (Wildman–Crippen LogP) is 4.81. The molecule has 0 aliphatic rings. The minimum Gasteiger partial charge on any atom is -0.322 e. The van der Waals surface area contributed by atoms with Crippen molar-refractivity contribution in [3.63, 3.8) is 0 Å². The number of hydrazone groups is 1. The first kappa shape index (κ1) is 18.8. The van der Waals surface area contributed by atoms with E-state index in [-0.39, 0.29) is 11.8 Å². The first-order chi connectivity index (χ1) is 13.0. The quantitative estimate of drug-likeness (QED) is 0.479. The molecule has 2 amide bonds. The SMILES string of the molecule is CC(=NNC(=O)c1cccs1)c1cccc(NC(=O)c2ccc(Cl)cc2)c1. The van der Waals surface area contributed by atoms with Crippen LogP contribution >= 0.6 is 22.9 Å². The van der Waals surface area contributed by atoms with Crippen molar-refractivity contribution < 1.29 is 9.59 Å². The maximum atomic E-state index is 12.3. The molecular weight excluding hydrogens is 382 g/mol. The zero-order valence-electron chi connectivity index (χ0n) is 14.4. The maximum Gasteiger partial charge on any atom is 0.281 e. The van der Waals surface area contributed by atoms with E-state index in [0.717, 1.165) is 5.56 Å². The molecule has 27 heavy (non-hydrogen) atoms. The zero-order valence-corrected chi connectivity index (χ0v) is 16.0. The third-order valence-corrected chi connectivity index (χ3v) is 4.84. The minimum atomic E-state index is -0.253. The molecule has 2 N–H and O–H groups in total. The summed E-state index contributed by atoms with van der Waals surface area (Å²) in [6.45, 7) is 1.79. The van der Waals surface area contributed by atoms with E-state index in [1.165, 1.54) is 11.3 Å². The molecule has 2 aromatic carbocycles. The number of hydrogen-bond acceptors (Lipinski definition) is 4. The number of rotatable bonds is 5. The van der Waals surface area contributed by atoms with Gasteiger partial charge in [0, 0.05) is 16.3 Å². The van der Waals surface area contributed by atoms with Gasteiger partial charge in [0.05, 0.1) is 10.6 Å². The van der Waals surface area contributed by atoms with E-state index in [2.05, 4.69) is 15.8 Å². The van der Waals surface area contributed by atoms with E-state index in [1.54, 1.807) is 49.4 Å². The summed E-state index contributed by atoms with van der Waals surface area (Å²) in [5.41, 5.74) is 5.09. The molecule has 0 aliphatic carbocycles. The van der Waals surface area contributed by atoms with Crippen LogP contribution < -0.4 is 10.7 Å². The van der Waals surface area contributed by atoms with Crippen LogP contribution in [0.5, 0.6) is 0 Å². The second-order valence-corrected chi connectivity index (χ2v) is 7.04. The molecule has 0 aliphatic heterocycles. The lowest BCUT2D eigenvalue weighted by Gasteiger charge is -2.08. The van der Waals surface area contributed by atoms with Gasteiger partial charge in [0.2, 0.25) is 0 Å². The van der Waals surface area contributed by atoms with Crippen molar-refractivity contribution in [2.75, 3.05) is 5.32 Å². The van der Waals surface area contributed by atoms with E-state index in [9.17, 15) is 9.59 Å². The van der Waals surface area contributed by atoms with Crippen LogP contribution in [0.2, 0.25) is 5.02 Å². The Morgan fingerprint density at radius 1 is 0.963 bits per heavy atom. The largest absolute Gasteiger partial charge is 0.322 e. The summed E-state index contributed by atoms with van der Waals surface area (Å²) >= 11 is 7.19. The molecule has 0 radical (unpaired) electrons. The fraction of sp³-hybridized carbons (Fsp3) is 0.0500. The number of hydrogen-bond donors (Lipinski definition) is 2. The third kappa shape index (κ3) is 5.03. The molecular formula is C20H16ClN3O2S. The molecule has 136 valence electrons. The normalized spacial score (nSPS) is 11.1. The van der Waals surface area contributed by atoms with Crippen molar-refractivity contribution in [3.8, 4) is 0 Å². The molecule has 0 bridgehead atoms. The van der Waals surface area contributed by atoms with Crippen LogP contribution in [0.1, 0.15) is 32.5 Å². The number of thiophene rings is 1. The van der Waals surface area contributed by atoms with Crippen LogP contribution in [0, 0.1) is 0 Å². The number of carbonyl (C=O) groups excluding carboxylic acids is 2. The molecule has 5 nitrogen and oxygen atoms in total. The summed E-state index contributed by atoms with van der Waals surface area (Å²) in [5.74, 6) is -0.485. The van der Waals surface area contributed by atoms with Crippen LogP contribution in [0.15, 0.2) is 71.1 Å². The fourth-order valence-corrected chi connectivity index (χ4v) is 3.03. The molecule has 0 saturated heterocycles. The van der Waals surface area contributed by atoms with Crippen LogP contribution in [-0.2, 0) is 0 Å². The van der Waals surface area contributed by atoms with Gasteiger partial charge >= 0.3 is 0 Å². The van der Waals surface area contributed by atoms with Gasteiger partial charge in [0.25, 0.3) is 11.8 Å². The highest BCUT2D eigenvalue weighted by atomic mass is 35.5. The van der Waals surface area contributed by atoms with E-state index >= 15 is 0 Å². The molecule has 0 atom stereocenters. The third-order valence-electron chi connectivity index (χ3n) is 3.71. The summed E-state index contributed by atoms with van der Waals surface area (Å²) in [6, 6.07) is 17.4. The number of anilines is 1. The molecule has 0 fully saturated rings. The Labute approximate surface area is 165 Å². The minimum absolute atomic E-state index is 0.232. The van der Waals surface area contributed by atoms with Crippen LogP contribution in [0.3, 0.4) is 0 Å². The lowest BCUT2D eigenvalue weighted by Crippen LogP contribution is -2.18. The Bertz CT molecular complexity index is 983. The Balaban J connectivity index is 1.69. The molecule has 0 unspecified atom stereocenters. The Morgan fingerprint density at radius 2 is 1.74 bits per heavy atom. The average molecular weight is 398 g/mol. The molecule has 7 heteroatoms. The first-order valence-corrected chi connectivity index (χ1v) is 9.34. The molecule has 1 aromatic heterocycles. The highest BCUT2D eigenvalue weighted by molar-refractivity contribution is 7.12. The van der Waals surface area contributed by atoms with Gasteiger partial charge in [-0.2, -0.15) is 5.10 Å². The number of nitrogens with zero attached hydrogens (tertiary/aromatic N) is 1. The van der Waals surface area contributed by atoms with E-state index in [1.807, 2.05) is 23.6 Å². The lowest BCUT2D eigenvalue weighted by molar-refractivity contribution is 0.0958. The van der Waals surface area contributed by atoms with Gasteiger partial charge in [-0.3, -0.25) is 9.59 Å². The predicted molar refractivity (Wildman–Crippen MR) is 110 cm³/mol. The van der Waals surface area contributed by atoms with Gasteiger partial charge in [-0.05, 0) is 60.3 Å². The summed E-state index contributed by atoms with van der Waals surface area (Å²) < 4.78 is 0. The monoisotopic (exact) mass is 397 g/mol. The van der Waals surface area contributed by atoms with Gasteiger partial charge in [0.15, 0.2) is 0 Å². The number of amides is 2. The standard InChI is InChI=1S/C20H16ClN3O2S/c1-13(23-24-20(26)18-6-3-11-27-18)15-4-2-5-17(12-15)22-19(25)14-7-9-16(21)10-8-14/h2-12H,1H3,(H,22,25)(H,24,26). The van der Waals surface area contributed by atoms with Crippen LogP contribution in [-0.4, -0.2) is 17.5 Å². The first-order valence-electron chi connectivity index (χ1n) is 8.08. The van der Waals surface area contributed by atoms with E-state index in [0.29, 0.717) is 26.9 Å². The number of nitrogens with one attached hydrogen (secondary N) is 2. The van der Waals surface area contributed by atoms with Gasteiger partial charge in [0.1, 0.15) is 0 Å². The Hall–Kier alpha value is -2.96. The summed E-state index contributed by atoms with van der Waals surface area (Å²) in [5, 5.41) is 9.38. The molecule has 0 saturated carbocycles. The Morgan fingerprint density at radius 3 is 2.44 bits per heavy atom. The lowest BCUT2D eigenvalue weighted by atomic mass is 10.1. The second kappa shape index (κ2) is 8.62. The number of carbonyl (C=O) groups is 2. The highest BCUT2D eigenvalue weighted by Crippen LogP contribution is 2.15. The molecule has 0 spiro atoms. The van der Waals surface area contributed by atoms with E-state index in [4.69, 9.17) is 11.6 Å². The van der Waals surface area contributed by atoms with Crippen LogP contribution in [0.25, 0.3) is 0 Å². The van der Waals surface area contributed by atoms with Crippen molar-refractivity contribution >= 4 is 46.2 Å². The van der Waals surface area contributed by atoms with Gasteiger partial charge < -0.3 is 5.32 Å². The summed E-state index contributed by atoms with van der Waals surface area (Å²) in [7, 11) is 0. The average Bonchev–Trinajstić information content (AvgIpc) is 3.21. The molecule has 1 heterocycles. The Kier molecular flexibility index (Phi) is 6.01. The summed E-state index contributed by atoms with van der Waals surface area (Å²) in [6.07, 6.45) is 0. The molecule has 3 aromatic rings. The van der Waals surface area contributed by atoms with Crippen molar-refractivity contribution in [2.45, 2.75) is 6.92 Å². The van der Waals surface area contributed by atoms with Gasteiger partial charge in [-0.25, -0.2) is 5.43 Å². The fourth-order valence-electron chi connectivity index (χ4n) is 2.29. The van der Waals surface area contributed by atoms with Gasteiger partial charge in [-0.1, -0.05) is 29.8 Å². The van der Waals surface area contributed by atoms with Crippen molar-refractivity contribution in [1.82, 2.24) is 5.43 Å². The van der Waals surface area contributed by atoms with Crippen molar-refractivity contribution in [3.05, 3.63) is 87.1 Å². The smallest absolute Gasteiger partial charge is 0.281 e. The topological polar surface area (TPSA) is 70.6 Å². The van der Waals surface area contributed by atoms with Crippen LogP contribution in [0.4, 0.5) is 5.69 Å².